The molecule has 4 aromatic rings. The van der Waals surface area contributed by atoms with Crippen molar-refractivity contribution >= 4 is 46.7 Å². The van der Waals surface area contributed by atoms with Crippen molar-refractivity contribution in [2.24, 2.45) is 0 Å². The van der Waals surface area contributed by atoms with E-state index in [4.69, 9.17) is 27.6 Å². The molecule has 0 aliphatic carbocycles. The van der Waals surface area contributed by atoms with E-state index in [1.165, 1.54) is 24.0 Å². The topological polar surface area (TPSA) is 85.8 Å². The molecule has 0 aliphatic rings. The molecule has 0 saturated heterocycles. The predicted octanol–water partition coefficient (Wildman–Crippen LogP) is 5.72. The molecule has 1 unspecified atom stereocenters. The molecular formula is C22H19Cl2N5O2S. The molecule has 3 heterocycles. The van der Waals surface area contributed by atoms with Gasteiger partial charge in [-0.1, -0.05) is 58.7 Å². The molecule has 0 fully saturated rings. The van der Waals surface area contributed by atoms with Crippen LogP contribution in [-0.4, -0.2) is 30.9 Å². The van der Waals surface area contributed by atoms with Crippen molar-refractivity contribution in [3.63, 3.8) is 0 Å². The second-order valence-electron chi connectivity index (χ2n) is 7.07. The molecule has 1 atom stereocenters. The van der Waals surface area contributed by atoms with Gasteiger partial charge in [0, 0.05) is 11.8 Å². The standard InChI is InChI=1S/C22H19Cl2N5O2S/c1-13-5-3-6-15(9-13)20-27-28-22(29(20)12-17-7-4-8-31-17)32-14(2)21(30)26-19-18(24)10-16(23)11-25-19/h3-11,14H,12H2,1-2H3,(H,25,26,30). The summed E-state index contributed by atoms with van der Waals surface area (Å²) in [4.78, 5) is 16.8. The summed E-state index contributed by atoms with van der Waals surface area (Å²) in [6.45, 7) is 4.24. The molecule has 1 aromatic carbocycles. The average molecular weight is 488 g/mol. The minimum Gasteiger partial charge on any atom is -0.467 e. The molecule has 4 rings (SSSR count). The number of aromatic nitrogens is 4. The van der Waals surface area contributed by atoms with Gasteiger partial charge in [0.15, 0.2) is 16.8 Å². The fraction of sp³-hybridized carbons (Fsp3) is 0.182. The zero-order chi connectivity index (χ0) is 22.7. The highest BCUT2D eigenvalue weighted by molar-refractivity contribution is 8.00. The third-order valence-electron chi connectivity index (χ3n) is 4.59. The lowest BCUT2D eigenvalue weighted by molar-refractivity contribution is -0.115. The van der Waals surface area contributed by atoms with E-state index in [-0.39, 0.29) is 16.7 Å². The third-order valence-corrected chi connectivity index (χ3v) is 6.16. The Morgan fingerprint density at radius 1 is 1.22 bits per heavy atom. The summed E-state index contributed by atoms with van der Waals surface area (Å²) in [5.41, 5.74) is 2.05. The quantitative estimate of drug-likeness (QED) is 0.335. The summed E-state index contributed by atoms with van der Waals surface area (Å²) in [5.74, 6) is 1.44. The molecule has 1 amide bonds. The zero-order valence-corrected chi connectivity index (χ0v) is 19.6. The second-order valence-corrected chi connectivity index (χ2v) is 9.23. The maximum absolute atomic E-state index is 12.8. The molecule has 164 valence electrons. The number of thioether (sulfide) groups is 1. The largest absolute Gasteiger partial charge is 0.467 e. The van der Waals surface area contributed by atoms with Gasteiger partial charge in [-0.05, 0) is 38.1 Å². The molecule has 32 heavy (non-hydrogen) atoms. The van der Waals surface area contributed by atoms with Gasteiger partial charge in [0.1, 0.15) is 5.76 Å². The Bertz CT molecular complexity index is 1240. The molecule has 10 heteroatoms. The van der Waals surface area contributed by atoms with Crippen molar-refractivity contribution in [2.75, 3.05) is 5.32 Å². The number of nitrogens with zero attached hydrogens (tertiary/aromatic N) is 4. The van der Waals surface area contributed by atoms with Gasteiger partial charge in [-0.15, -0.1) is 10.2 Å². The molecule has 3 aromatic heterocycles. The fourth-order valence-corrected chi connectivity index (χ4v) is 4.29. The van der Waals surface area contributed by atoms with E-state index in [1.807, 2.05) is 47.9 Å². The maximum atomic E-state index is 12.8. The minimum absolute atomic E-state index is 0.256. The Kier molecular flexibility index (Phi) is 6.83. The molecule has 0 saturated carbocycles. The number of hydrogen-bond acceptors (Lipinski definition) is 6. The summed E-state index contributed by atoms with van der Waals surface area (Å²) in [6.07, 6.45) is 3.05. The normalized spacial score (nSPS) is 12.0. The Hall–Kier alpha value is -2.81. The first-order valence-corrected chi connectivity index (χ1v) is 11.4. The number of pyridine rings is 1. The number of furan rings is 1. The highest BCUT2D eigenvalue weighted by atomic mass is 35.5. The summed E-state index contributed by atoms with van der Waals surface area (Å²) >= 11 is 13.3. The third kappa shape index (κ3) is 5.15. The van der Waals surface area contributed by atoms with Gasteiger partial charge < -0.3 is 9.73 Å². The Morgan fingerprint density at radius 3 is 2.78 bits per heavy atom. The predicted molar refractivity (Wildman–Crippen MR) is 126 cm³/mol. The van der Waals surface area contributed by atoms with Crippen molar-refractivity contribution in [3.8, 4) is 11.4 Å². The van der Waals surface area contributed by atoms with Crippen LogP contribution in [0.5, 0.6) is 0 Å². The number of halogens is 2. The SMILES string of the molecule is Cc1cccc(-c2nnc(SC(C)C(=O)Nc3ncc(Cl)cc3Cl)n2Cc2ccco2)c1. The van der Waals surface area contributed by atoms with Crippen LogP contribution in [-0.2, 0) is 11.3 Å². The molecule has 7 nitrogen and oxygen atoms in total. The van der Waals surface area contributed by atoms with Crippen LogP contribution in [0.2, 0.25) is 10.0 Å². The number of benzene rings is 1. The Balaban J connectivity index is 1.59. The van der Waals surface area contributed by atoms with Crippen LogP contribution in [0, 0.1) is 6.92 Å². The van der Waals surface area contributed by atoms with Crippen LogP contribution in [0.4, 0.5) is 5.82 Å². The number of carbonyl (C=O) groups is 1. The summed E-state index contributed by atoms with van der Waals surface area (Å²) in [5, 5.41) is 12.3. The second kappa shape index (κ2) is 9.77. The number of carbonyl (C=O) groups excluding carboxylic acids is 1. The van der Waals surface area contributed by atoms with Crippen LogP contribution in [0.3, 0.4) is 0 Å². The van der Waals surface area contributed by atoms with Crippen LogP contribution in [0.25, 0.3) is 11.4 Å². The van der Waals surface area contributed by atoms with E-state index in [2.05, 4.69) is 20.5 Å². The first-order chi connectivity index (χ1) is 15.4. The van der Waals surface area contributed by atoms with E-state index in [9.17, 15) is 4.79 Å². The van der Waals surface area contributed by atoms with Gasteiger partial charge in [0.2, 0.25) is 5.91 Å². The number of hydrogen-bond donors (Lipinski definition) is 1. The van der Waals surface area contributed by atoms with Crippen LogP contribution >= 0.6 is 35.0 Å². The highest BCUT2D eigenvalue weighted by Gasteiger charge is 2.22. The van der Waals surface area contributed by atoms with Crippen molar-refractivity contribution in [2.45, 2.75) is 30.8 Å². The van der Waals surface area contributed by atoms with Gasteiger partial charge in [0.05, 0.1) is 28.1 Å². The van der Waals surface area contributed by atoms with Gasteiger partial charge in [-0.2, -0.15) is 0 Å². The first kappa shape index (κ1) is 22.4. The summed E-state index contributed by atoms with van der Waals surface area (Å²) in [6, 6.07) is 13.3. The minimum atomic E-state index is -0.492. The van der Waals surface area contributed by atoms with Crippen molar-refractivity contribution < 1.29 is 9.21 Å². The number of rotatable bonds is 7. The zero-order valence-electron chi connectivity index (χ0n) is 17.3. The lowest BCUT2D eigenvalue weighted by Crippen LogP contribution is -2.23. The molecule has 0 spiro atoms. The van der Waals surface area contributed by atoms with Crippen LogP contribution in [0.1, 0.15) is 18.2 Å². The number of anilines is 1. The van der Waals surface area contributed by atoms with Gasteiger partial charge in [-0.25, -0.2) is 4.98 Å². The van der Waals surface area contributed by atoms with Gasteiger partial charge >= 0.3 is 0 Å². The van der Waals surface area contributed by atoms with E-state index < -0.39 is 5.25 Å². The molecule has 0 bridgehead atoms. The van der Waals surface area contributed by atoms with E-state index >= 15 is 0 Å². The number of aryl methyl sites for hydroxylation is 1. The molecule has 0 aliphatic heterocycles. The molecular weight excluding hydrogens is 469 g/mol. The lowest BCUT2D eigenvalue weighted by atomic mass is 10.1. The first-order valence-electron chi connectivity index (χ1n) is 9.72. The smallest absolute Gasteiger partial charge is 0.238 e. The maximum Gasteiger partial charge on any atom is 0.238 e. The van der Waals surface area contributed by atoms with Crippen molar-refractivity contribution in [1.82, 2.24) is 19.7 Å². The number of amides is 1. The average Bonchev–Trinajstić information content (AvgIpc) is 3.41. The highest BCUT2D eigenvalue weighted by Crippen LogP contribution is 2.29. The van der Waals surface area contributed by atoms with E-state index in [1.54, 1.807) is 13.2 Å². The summed E-state index contributed by atoms with van der Waals surface area (Å²) in [7, 11) is 0. The number of nitrogens with one attached hydrogen (secondary N) is 1. The van der Waals surface area contributed by atoms with Crippen LogP contribution < -0.4 is 5.32 Å². The van der Waals surface area contributed by atoms with Crippen molar-refractivity contribution in [3.05, 3.63) is 76.3 Å². The van der Waals surface area contributed by atoms with Gasteiger partial charge in [0.25, 0.3) is 0 Å². The van der Waals surface area contributed by atoms with E-state index in [0.717, 1.165) is 16.9 Å². The monoisotopic (exact) mass is 487 g/mol. The molecule has 0 radical (unpaired) electrons. The van der Waals surface area contributed by atoms with Gasteiger partial charge in [-0.3, -0.25) is 9.36 Å². The Morgan fingerprint density at radius 2 is 2.06 bits per heavy atom. The molecule has 1 N–H and O–H groups in total. The summed E-state index contributed by atoms with van der Waals surface area (Å²) < 4.78 is 7.47. The Labute approximate surface area is 199 Å². The van der Waals surface area contributed by atoms with Crippen molar-refractivity contribution in [1.29, 1.82) is 0 Å². The van der Waals surface area contributed by atoms with E-state index in [0.29, 0.717) is 22.5 Å². The van der Waals surface area contributed by atoms with Crippen LogP contribution in [0.15, 0.2) is 64.5 Å². The fourth-order valence-electron chi connectivity index (χ4n) is 3.01. The lowest BCUT2D eigenvalue weighted by Gasteiger charge is -2.13.